The van der Waals surface area contributed by atoms with E-state index in [0.717, 1.165) is 47.7 Å². The van der Waals surface area contributed by atoms with Gasteiger partial charge in [-0.2, -0.15) is 0 Å². The van der Waals surface area contributed by atoms with Crippen molar-refractivity contribution in [1.29, 1.82) is 0 Å². The Kier molecular flexibility index (Phi) is 4.24. The summed E-state index contributed by atoms with van der Waals surface area (Å²) in [6, 6.07) is 12.9. The molecule has 0 bridgehead atoms. The van der Waals surface area contributed by atoms with E-state index in [1.165, 1.54) is 0 Å². The van der Waals surface area contributed by atoms with Crippen LogP contribution < -0.4 is 5.32 Å². The van der Waals surface area contributed by atoms with Crippen LogP contribution in [0.2, 0.25) is 0 Å². The van der Waals surface area contributed by atoms with Crippen LogP contribution in [-0.2, 0) is 6.54 Å². The molecule has 0 amide bonds. The minimum absolute atomic E-state index is 0.560. The minimum atomic E-state index is 0.560. The quantitative estimate of drug-likeness (QED) is 0.931. The highest BCUT2D eigenvalue weighted by Gasteiger charge is 2.19. The van der Waals surface area contributed by atoms with E-state index in [1.54, 1.807) is 0 Å². The fourth-order valence-corrected chi connectivity index (χ4v) is 2.81. The van der Waals surface area contributed by atoms with Crippen LogP contribution in [0.5, 0.6) is 0 Å². The molecule has 1 aliphatic rings. The first kappa shape index (κ1) is 13.9. The molecule has 106 valence electrons. The molecule has 2 aromatic rings. The van der Waals surface area contributed by atoms with Gasteiger partial charge in [0.1, 0.15) is 11.5 Å². The molecule has 0 aliphatic carbocycles. The monoisotopic (exact) mass is 334 g/mol. The maximum atomic E-state index is 5.98. The number of halogens is 1. The molecule has 0 radical (unpaired) electrons. The van der Waals surface area contributed by atoms with E-state index in [1.807, 2.05) is 12.1 Å². The van der Waals surface area contributed by atoms with Crippen LogP contribution in [0, 0.1) is 0 Å². The van der Waals surface area contributed by atoms with Crippen molar-refractivity contribution < 1.29 is 4.42 Å². The first-order valence-corrected chi connectivity index (χ1v) is 7.81. The zero-order valence-electron chi connectivity index (χ0n) is 11.6. The van der Waals surface area contributed by atoms with Crippen molar-refractivity contribution in [2.24, 2.45) is 0 Å². The lowest BCUT2D eigenvalue weighted by molar-refractivity contribution is 0.154. The third-order valence-electron chi connectivity index (χ3n) is 3.79. The van der Waals surface area contributed by atoms with Gasteiger partial charge in [0.15, 0.2) is 0 Å². The summed E-state index contributed by atoms with van der Waals surface area (Å²) in [5.41, 5.74) is 1.12. The number of nitrogens with one attached hydrogen (secondary N) is 1. The normalized spacial score (nSPS) is 20.2. The van der Waals surface area contributed by atoms with E-state index in [-0.39, 0.29) is 0 Å². The van der Waals surface area contributed by atoms with Gasteiger partial charge in [0.2, 0.25) is 0 Å². The topological polar surface area (TPSA) is 28.4 Å². The van der Waals surface area contributed by atoms with Crippen LogP contribution in [0.1, 0.15) is 12.7 Å². The Balaban J connectivity index is 1.71. The third-order valence-corrected chi connectivity index (χ3v) is 4.32. The molecule has 3 nitrogen and oxygen atoms in total. The van der Waals surface area contributed by atoms with Gasteiger partial charge in [-0.1, -0.05) is 28.1 Å². The highest BCUT2D eigenvalue weighted by atomic mass is 79.9. The Morgan fingerprint density at radius 1 is 1.25 bits per heavy atom. The zero-order chi connectivity index (χ0) is 13.9. The molecule has 0 spiro atoms. The highest BCUT2D eigenvalue weighted by molar-refractivity contribution is 9.10. The van der Waals surface area contributed by atoms with Gasteiger partial charge < -0.3 is 9.73 Å². The first-order chi connectivity index (χ1) is 9.72. The summed E-state index contributed by atoms with van der Waals surface area (Å²) in [6.45, 7) is 6.34. The summed E-state index contributed by atoms with van der Waals surface area (Å²) < 4.78 is 7.07. The first-order valence-electron chi connectivity index (χ1n) is 7.02. The molecular weight excluding hydrogens is 316 g/mol. The maximum Gasteiger partial charge on any atom is 0.134 e. The molecule has 1 fully saturated rings. The molecule has 1 aliphatic heterocycles. The van der Waals surface area contributed by atoms with Gasteiger partial charge in [0.25, 0.3) is 0 Å². The highest BCUT2D eigenvalue weighted by Crippen LogP contribution is 2.25. The Labute approximate surface area is 128 Å². The van der Waals surface area contributed by atoms with Gasteiger partial charge in [-0.05, 0) is 31.2 Å². The fraction of sp³-hybridized carbons (Fsp3) is 0.375. The Morgan fingerprint density at radius 3 is 2.80 bits per heavy atom. The van der Waals surface area contributed by atoms with Crippen molar-refractivity contribution in [2.75, 3.05) is 19.6 Å². The fourth-order valence-electron chi connectivity index (χ4n) is 2.55. The lowest BCUT2D eigenvalue weighted by atomic mass is 10.2. The summed E-state index contributed by atoms with van der Waals surface area (Å²) in [5, 5.41) is 3.41. The number of hydrogen-bond donors (Lipinski definition) is 1. The Bertz CT molecular complexity index is 564. The van der Waals surface area contributed by atoms with Crippen molar-refractivity contribution in [3.8, 4) is 11.3 Å². The van der Waals surface area contributed by atoms with E-state index < -0.39 is 0 Å². The zero-order valence-corrected chi connectivity index (χ0v) is 13.2. The van der Waals surface area contributed by atoms with Crippen LogP contribution in [0.3, 0.4) is 0 Å². The summed E-state index contributed by atoms with van der Waals surface area (Å²) in [7, 11) is 0. The summed E-state index contributed by atoms with van der Waals surface area (Å²) >= 11 is 3.45. The lowest BCUT2D eigenvalue weighted by Gasteiger charge is -2.33. The molecule has 1 atom stereocenters. The van der Waals surface area contributed by atoms with Crippen molar-refractivity contribution >= 4 is 15.9 Å². The van der Waals surface area contributed by atoms with Crippen molar-refractivity contribution in [3.05, 3.63) is 46.6 Å². The predicted octanol–water partition coefficient (Wildman–Crippen LogP) is 3.50. The molecular formula is C16H19BrN2O. The molecule has 2 heterocycles. The standard InChI is InChI=1S/C16H19BrN2O/c1-12-10-18-8-9-19(12)11-15-6-7-16(20-15)13-2-4-14(17)5-3-13/h2-7,12,18H,8-11H2,1H3/t12-/m0/s1. The predicted molar refractivity (Wildman–Crippen MR) is 84.6 cm³/mol. The molecule has 0 saturated carbocycles. The number of piperazine rings is 1. The summed E-state index contributed by atoms with van der Waals surface area (Å²) in [5.74, 6) is 1.98. The molecule has 20 heavy (non-hydrogen) atoms. The number of benzene rings is 1. The van der Waals surface area contributed by atoms with E-state index >= 15 is 0 Å². The second-order valence-corrected chi connectivity index (χ2v) is 6.21. The van der Waals surface area contributed by atoms with Crippen molar-refractivity contribution in [1.82, 2.24) is 10.2 Å². The van der Waals surface area contributed by atoms with Gasteiger partial charge in [0.05, 0.1) is 6.54 Å². The second-order valence-electron chi connectivity index (χ2n) is 5.30. The molecule has 1 N–H and O–H groups in total. The minimum Gasteiger partial charge on any atom is -0.460 e. The van der Waals surface area contributed by atoms with E-state index in [2.05, 4.69) is 57.3 Å². The van der Waals surface area contributed by atoms with Crippen LogP contribution in [0.15, 0.2) is 45.3 Å². The van der Waals surface area contributed by atoms with Crippen LogP contribution >= 0.6 is 15.9 Å². The number of furan rings is 1. The van der Waals surface area contributed by atoms with E-state index in [0.29, 0.717) is 6.04 Å². The second kappa shape index (κ2) is 6.12. The van der Waals surface area contributed by atoms with E-state index in [9.17, 15) is 0 Å². The lowest BCUT2D eigenvalue weighted by Crippen LogP contribution is -2.49. The number of hydrogen-bond acceptors (Lipinski definition) is 3. The maximum absolute atomic E-state index is 5.98. The molecule has 4 heteroatoms. The average molecular weight is 335 g/mol. The summed E-state index contributed by atoms with van der Waals surface area (Å²) in [4.78, 5) is 2.46. The van der Waals surface area contributed by atoms with Crippen LogP contribution in [0.25, 0.3) is 11.3 Å². The Morgan fingerprint density at radius 2 is 2.05 bits per heavy atom. The SMILES string of the molecule is C[C@H]1CNCCN1Cc1ccc(-c2ccc(Br)cc2)o1. The average Bonchev–Trinajstić information content (AvgIpc) is 2.91. The largest absolute Gasteiger partial charge is 0.460 e. The molecule has 1 aromatic heterocycles. The van der Waals surface area contributed by atoms with Crippen molar-refractivity contribution in [2.45, 2.75) is 19.5 Å². The molecule has 1 saturated heterocycles. The van der Waals surface area contributed by atoms with Gasteiger partial charge >= 0.3 is 0 Å². The van der Waals surface area contributed by atoms with Gasteiger partial charge in [0, 0.05) is 35.7 Å². The van der Waals surface area contributed by atoms with Crippen LogP contribution in [0.4, 0.5) is 0 Å². The number of nitrogens with zero attached hydrogens (tertiary/aromatic N) is 1. The molecule has 1 aromatic carbocycles. The van der Waals surface area contributed by atoms with Gasteiger partial charge in [-0.25, -0.2) is 0 Å². The van der Waals surface area contributed by atoms with Crippen LogP contribution in [-0.4, -0.2) is 30.6 Å². The van der Waals surface area contributed by atoms with Crippen molar-refractivity contribution in [3.63, 3.8) is 0 Å². The van der Waals surface area contributed by atoms with Gasteiger partial charge in [-0.3, -0.25) is 4.90 Å². The smallest absolute Gasteiger partial charge is 0.134 e. The third kappa shape index (κ3) is 3.14. The molecule has 0 unspecified atom stereocenters. The van der Waals surface area contributed by atoms with E-state index in [4.69, 9.17) is 4.42 Å². The number of rotatable bonds is 3. The molecule has 3 rings (SSSR count). The summed E-state index contributed by atoms with van der Waals surface area (Å²) in [6.07, 6.45) is 0. The Hall–Kier alpha value is -1.10. The van der Waals surface area contributed by atoms with Gasteiger partial charge in [-0.15, -0.1) is 0 Å².